The summed E-state index contributed by atoms with van der Waals surface area (Å²) in [5.74, 6) is -0.0949. The SMILES string of the molecule is [CH2]CCCCCCCCS(=O)(=O)O. The molecule has 0 atom stereocenters. The maximum Gasteiger partial charge on any atom is 0.264 e. The molecule has 0 amide bonds. The highest BCUT2D eigenvalue weighted by Gasteiger charge is 2.02. The summed E-state index contributed by atoms with van der Waals surface area (Å²) < 4.78 is 29.0. The van der Waals surface area contributed by atoms with Crippen LogP contribution < -0.4 is 0 Å². The molecule has 0 aromatic rings. The van der Waals surface area contributed by atoms with Gasteiger partial charge in [0.1, 0.15) is 0 Å². The van der Waals surface area contributed by atoms with E-state index in [1.54, 1.807) is 0 Å². The first-order valence-electron chi connectivity index (χ1n) is 4.80. The summed E-state index contributed by atoms with van der Waals surface area (Å²) in [6, 6.07) is 0. The van der Waals surface area contributed by atoms with Crippen molar-refractivity contribution in [2.24, 2.45) is 0 Å². The van der Waals surface area contributed by atoms with E-state index >= 15 is 0 Å². The third kappa shape index (κ3) is 11.9. The van der Waals surface area contributed by atoms with Gasteiger partial charge in [0.2, 0.25) is 0 Å². The molecule has 0 aliphatic carbocycles. The fraction of sp³-hybridized carbons (Fsp3) is 0.889. The zero-order valence-electron chi connectivity index (χ0n) is 8.04. The molecule has 0 aliphatic rings. The van der Waals surface area contributed by atoms with Gasteiger partial charge in [-0.15, -0.1) is 0 Å². The van der Waals surface area contributed by atoms with Crippen molar-refractivity contribution in [2.45, 2.75) is 44.9 Å². The molecule has 0 aromatic heterocycles. The van der Waals surface area contributed by atoms with Gasteiger partial charge in [0.15, 0.2) is 0 Å². The second kappa shape index (κ2) is 7.33. The van der Waals surface area contributed by atoms with Crippen molar-refractivity contribution in [3.63, 3.8) is 0 Å². The molecule has 13 heavy (non-hydrogen) atoms. The second-order valence-electron chi connectivity index (χ2n) is 3.26. The Kier molecular flexibility index (Phi) is 7.28. The van der Waals surface area contributed by atoms with Crippen molar-refractivity contribution in [3.05, 3.63) is 6.92 Å². The number of hydrogen-bond donors (Lipinski definition) is 1. The highest BCUT2D eigenvalue weighted by molar-refractivity contribution is 7.85. The van der Waals surface area contributed by atoms with Crippen LogP contribution in [0.3, 0.4) is 0 Å². The molecule has 0 bridgehead atoms. The molecule has 0 aromatic carbocycles. The molecule has 1 N–H and O–H groups in total. The molecular formula is C9H19O3S. The van der Waals surface area contributed by atoms with Gasteiger partial charge in [-0.05, 0) is 6.42 Å². The monoisotopic (exact) mass is 207 g/mol. The molecule has 0 rings (SSSR count). The molecule has 0 aliphatic heterocycles. The maximum absolute atomic E-state index is 10.3. The number of unbranched alkanes of at least 4 members (excludes halogenated alkanes) is 6. The van der Waals surface area contributed by atoms with Gasteiger partial charge in [-0.1, -0.05) is 45.4 Å². The molecule has 4 heteroatoms. The largest absolute Gasteiger partial charge is 0.286 e. The van der Waals surface area contributed by atoms with Crippen LogP contribution in [0.5, 0.6) is 0 Å². The van der Waals surface area contributed by atoms with Gasteiger partial charge in [-0.2, -0.15) is 8.42 Å². The summed E-state index contributed by atoms with van der Waals surface area (Å²) in [6.07, 6.45) is 6.95. The average Bonchev–Trinajstić information content (AvgIpc) is 2.01. The molecule has 0 saturated carbocycles. The fourth-order valence-corrected chi connectivity index (χ4v) is 1.74. The van der Waals surface area contributed by atoms with Gasteiger partial charge < -0.3 is 0 Å². The number of rotatable bonds is 8. The zero-order valence-corrected chi connectivity index (χ0v) is 8.85. The molecule has 0 unspecified atom stereocenters. The second-order valence-corrected chi connectivity index (χ2v) is 4.83. The highest BCUT2D eigenvalue weighted by Crippen LogP contribution is 2.07. The van der Waals surface area contributed by atoms with E-state index in [0.717, 1.165) is 32.1 Å². The summed E-state index contributed by atoms with van der Waals surface area (Å²) in [6.45, 7) is 3.74. The van der Waals surface area contributed by atoms with E-state index in [9.17, 15) is 8.42 Å². The van der Waals surface area contributed by atoms with Crippen LogP contribution in [-0.4, -0.2) is 18.7 Å². The zero-order chi connectivity index (χ0) is 10.2. The lowest BCUT2D eigenvalue weighted by Crippen LogP contribution is -2.03. The van der Waals surface area contributed by atoms with Crippen LogP contribution >= 0.6 is 0 Å². The van der Waals surface area contributed by atoms with E-state index in [2.05, 4.69) is 6.92 Å². The summed E-state index contributed by atoms with van der Waals surface area (Å²) >= 11 is 0. The van der Waals surface area contributed by atoms with Crippen molar-refractivity contribution in [1.29, 1.82) is 0 Å². The van der Waals surface area contributed by atoms with Crippen molar-refractivity contribution in [3.8, 4) is 0 Å². The minimum Gasteiger partial charge on any atom is -0.286 e. The lowest BCUT2D eigenvalue weighted by molar-refractivity contribution is 0.478. The lowest BCUT2D eigenvalue weighted by atomic mass is 10.1. The van der Waals surface area contributed by atoms with E-state index in [1.807, 2.05) is 0 Å². The number of hydrogen-bond acceptors (Lipinski definition) is 2. The fourth-order valence-electron chi connectivity index (χ4n) is 1.17. The summed E-state index contributed by atoms with van der Waals surface area (Å²) in [4.78, 5) is 0. The van der Waals surface area contributed by atoms with Crippen molar-refractivity contribution in [2.75, 3.05) is 5.75 Å². The average molecular weight is 207 g/mol. The van der Waals surface area contributed by atoms with Crippen LogP contribution in [0, 0.1) is 6.92 Å². The smallest absolute Gasteiger partial charge is 0.264 e. The highest BCUT2D eigenvalue weighted by atomic mass is 32.2. The molecule has 0 spiro atoms. The first kappa shape index (κ1) is 12.9. The Hall–Kier alpha value is -0.0900. The first-order chi connectivity index (χ1) is 6.06. The van der Waals surface area contributed by atoms with Crippen LogP contribution in [0.2, 0.25) is 0 Å². The summed E-state index contributed by atoms with van der Waals surface area (Å²) in [5.41, 5.74) is 0. The molecule has 0 saturated heterocycles. The predicted octanol–water partition coefficient (Wildman–Crippen LogP) is 2.44. The molecule has 3 nitrogen and oxygen atoms in total. The predicted molar refractivity (Wildman–Crippen MR) is 54.1 cm³/mol. The normalized spacial score (nSPS) is 11.8. The van der Waals surface area contributed by atoms with E-state index < -0.39 is 10.1 Å². The Balaban J connectivity index is 3.09. The standard InChI is InChI=1S/C9H19O3S/c1-2-3-4-5-6-7-8-9-13(10,11)12/h1-9H2,(H,10,11,12). The minimum absolute atomic E-state index is 0.0949. The van der Waals surface area contributed by atoms with Gasteiger partial charge in [-0.25, -0.2) is 0 Å². The van der Waals surface area contributed by atoms with Crippen LogP contribution in [0.15, 0.2) is 0 Å². The molecular weight excluding hydrogens is 188 g/mol. The van der Waals surface area contributed by atoms with Crippen LogP contribution in [0.25, 0.3) is 0 Å². The molecule has 1 radical (unpaired) electrons. The van der Waals surface area contributed by atoms with E-state index in [0.29, 0.717) is 6.42 Å². The molecule has 0 heterocycles. The van der Waals surface area contributed by atoms with Gasteiger partial charge >= 0.3 is 0 Å². The Morgan fingerprint density at radius 3 is 1.85 bits per heavy atom. The summed E-state index contributed by atoms with van der Waals surface area (Å²) in [7, 11) is -3.73. The molecule has 79 valence electrons. The molecule has 0 fully saturated rings. The van der Waals surface area contributed by atoms with Crippen LogP contribution in [-0.2, 0) is 10.1 Å². The third-order valence-corrected chi connectivity index (χ3v) is 2.71. The summed E-state index contributed by atoms with van der Waals surface area (Å²) in [5, 5.41) is 0. The lowest BCUT2D eigenvalue weighted by Gasteiger charge is -1.99. The Bertz CT molecular complexity index is 197. The Morgan fingerprint density at radius 1 is 0.923 bits per heavy atom. The van der Waals surface area contributed by atoms with Crippen LogP contribution in [0.1, 0.15) is 44.9 Å². The van der Waals surface area contributed by atoms with Gasteiger partial charge in [0.05, 0.1) is 5.75 Å². The van der Waals surface area contributed by atoms with E-state index in [4.69, 9.17) is 4.55 Å². The maximum atomic E-state index is 10.3. The first-order valence-corrected chi connectivity index (χ1v) is 6.41. The third-order valence-electron chi connectivity index (χ3n) is 1.90. The van der Waals surface area contributed by atoms with Crippen molar-refractivity contribution in [1.82, 2.24) is 0 Å². The van der Waals surface area contributed by atoms with Crippen LogP contribution in [0.4, 0.5) is 0 Å². The Labute approximate surface area is 81.3 Å². The van der Waals surface area contributed by atoms with Crippen molar-refractivity contribution >= 4 is 10.1 Å². The minimum atomic E-state index is -3.73. The van der Waals surface area contributed by atoms with Gasteiger partial charge in [0, 0.05) is 0 Å². The van der Waals surface area contributed by atoms with Gasteiger partial charge in [0.25, 0.3) is 10.1 Å². The van der Waals surface area contributed by atoms with Gasteiger partial charge in [-0.3, -0.25) is 4.55 Å². The Morgan fingerprint density at radius 2 is 1.38 bits per heavy atom. The van der Waals surface area contributed by atoms with Crippen molar-refractivity contribution < 1.29 is 13.0 Å². The quantitative estimate of drug-likeness (QED) is 0.491. The van der Waals surface area contributed by atoms with E-state index in [1.165, 1.54) is 6.42 Å². The van der Waals surface area contributed by atoms with E-state index in [-0.39, 0.29) is 5.75 Å². The topological polar surface area (TPSA) is 54.4 Å².